The van der Waals surface area contributed by atoms with Crippen molar-refractivity contribution in [3.63, 3.8) is 0 Å². The van der Waals surface area contributed by atoms with Crippen molar-refractivity contribution in [2.45, 2.75) is 26.8 Å². The summed E-state index contributed by atoms with van der Waals surface area (Å²) >= 11 is 0. The van der Waals surface area contributed by atoms with Gasteiger partial charge in [-0.1, -0.05) is 13.8 Å². The molecule has 1 N–H and O–H groups in total. The molecule has 0 aliphatic rings. The average molecular weight is 229 g/mol. The lowest BCUT2D eigenvalue weighted by atomic mass is 10.3. The first-order valence-corrected chi connectivity index (χ1v) is 6.88. The van der Waals surface area contributed by atoms with E-state index in [1.807, 2.05) is 19.1 Å². The fraction of sp³-hybridized carbons (Fsp3) is 0.636. The van der Waals surface area contributed by atoms with E-state index in [2.05, 4.69) is 12.2 Å². The molecule has 15 heavy (non-hydrogen) atoms. The van der Waals surface area contributed by atoms with Crippen LogP contribution >= 0.6 is 0 Å². The molecule has 1 aromatic rings. The van der Waals surface area contributed by atoms with E-state index in [0.29, 0.717) is 0 Å². The molecule has 0 saturated carbocycles. The largest absolute Gasteiger partial charge is 0.465 e. The highest BCUT2D eigenvalue weighted by Gasteiger charge is 2.00. The van der Waals surface area contributed by atoms with Crippen LogP contribution in [0.3, 0.4) is 0 Å². The molecule has 0 fully saturated rings. The molecule has 0 amide bonds. The molecule has 1 aromatic heterocycles. The minimum absolute atomic E-state index is 0.674. The highest BCUT2D eigenvalue weighted by atomic mass is 32.2. The second kappa shape index (κ2) is 6.80. The number of rotatable bonds is 7. The Morgan fingerprint density at radius 2 is 2.07 bits per heavy atom. The van der Waals surface area contributed by atoms with Crippen LogP contribution in [0.5, 0.6) is 0 Å². The highest BCUT2D eigenvalue weighted by molar-refractivity contribution is 7.84. The third kappa shape index (κ3) is 4.62. The van der Waals surface area contributed by atoms with Gasteiger partial charge in [0.25, 0.3) is 0 Å². The number of aryl methyl sites for hydroxylation is 1. The summed E-state index contributed by atoms with van der Waals surface area (Å²) in [5.41, 5.74) is 0. The zero-order valence-corrected chi connectivity index (χ0v) is 10.2. The molecule has 1 heterocycles. The number of furan rings is 1. The van der Waals surface area contributed by atoms with Crippen LogP contribution in [0, 0.1) is 0 Å². The minimum Gasteiger partial charge on any atom is -0.465 e. The summed E-state index contributed by atoms with van der Waals surface area (Å²) < 4.78 is 16.6. The molecular formula is C11H19NO2S. The van der Waals surface area contributed by atoms with Gasteiger partial charge < -0.3 is 9.73 Å². The molecule has 3 nitrogen and oxygen atoms in total. The van der Waals surface area contributed by atoms with E-state index in [0.717, 1.165) is 42.5 Å². The Bertz CT molecular complexity index is 309. The van der Waals surface area contributed by atoms with Gasteiger partial charge in [0.15, 0.2) is 0 Å². The van der Waals surface area contributed by atoms with E-state index >= 15 is 0 Å². The summed E-state index contributed by atoms with van der Waals surface area (Å²) in [6.07, 6.45) is 0.930. The normalized spacial score (nSPS) is 12.9. The van der Waals surface area contributed by atoms with Gasteiger partial charge in [-0.15, -0.1) is 0 Å². The van der Waals surface area contributed by atoms with Crippen LogP contribution in [-0.2, 0) is 23.8 Å². The first-order chi connectivity index (χ1) is 7.26. The van der Waals surface area contributed by atoms with Crippen LogP contribution in [0.15, 0.2) is 16.5 Å². The fourth-order valence-electron chi connectivity index (χ4n) is 1.25. The maximum atomic E-state index is 11.1. The Morgan fingerprint density at radius 3 is 2.67 bits per heavy atom. The summed E-state index contributed by atoms with van der Waals surface area (Å²) in [6.45, 7) is 5.51. The molecule has 0 aliphatic heterocycles. The molecule has 1 unspecified atom stereocenters. The van der Waals surface area contributed by atoms with E-state index in [1.165, 1.54) is 0 Å². The van der Waals surface area contributed by atoms with Crippen molar-refractivity contribution in [3.8, 4) is 0 Å². The van der Waals surface area contributed by atoms with Gasteiger partial charge in [0.2, 0.25) is 0 Å². The standard InChI is InChI=1S/C11H19NO2S/c1-3-10-5-6-11(14-10)9-12-7-8-15(13)4-2/h5-6,12H,3-4,7-9H2,1-2H3. The maximum Gasteiger partial charge on any atom is 0.117 e. The average Bonchev–Trinajstić information content (AvgIpc) is 2.72. The SMILES string of the molecule is CCc1ccc(CNCCS(=O)CC)o1. The van der Waals surface area contributed by atoms with Crippen LogP contribution in [-0.4, -0.2) is 22.3 Å². The van der Waals surface area contributed by atoms with E-state index in [9.17, 15) is 4.21 Å². The van der Waals surface area contributed by atoms with Gasteiger partial charge in [0.05, 0.1) is 6.54 Å². The van der Waals surface area contributed by atoms with Crippen molar-refractivity contribution < 1.29 is 8.63 Å². The van der Waals surface area contributed by atoms with Crippen LogP contribution in [0.4, 0.5) is 0 Å². The molecule has 0 bridgehead atoms. The second-order valence-corrected chi connectivity index (χ2v) is 5.20. The first-order valence-electron chi connectivity index (χ1n) is 5.39. The Hall–Kier alpha value is -0.610. The van der Waals surface area contributed by atoms with E-state index in [-0.39, 0.29) is 0 Å². The van der Waals surface area contributed by atoms with Gasteiger partial charge in [0, 0.05) is 35.3 Å². The van der Waals surface area contributed by atoms with Crippen LogP contribution in [0.2, 0.25) is 0 Å². The van der Waals surface area contributed by atoms with Crippen LogP contribution < -0.4 is 5.32 Å². The Morgan fingerprint density at radius 1 is 1.33 bits per heavy atom. The molecule has 0 radical (unpaired) electrons. The lowest BCUT2D eigenvalue weighted by Crippen LogP contribution is -2.20. The molecule has 86 valence electrons. The van der Waals surface area contributed by atoms with E-state index in [4.69, 9.17) is 4.42 Å². The summed E-state index contributed by atoms with van der Waals surface area (Å²) in [4.78, 5) is 0. The Labute approximate surface area is 93.7 Å². The molecule has 0 spiro atoms. The minimum atomic E-state index is -0.674. The van der Waals surface area contributed by atoms with Gasteiger partial charge in [-0.2, -0.15) is 0 Å². The summed E-state index contributed by atoms with van der Waals surface area (Å²) in [7, 11) is -0.674. The van der Waals surface area contributed by atoms with Crippen molar-refractivity contribution >= 4 is 10.8 Å². The number of hydrogen-bond acceptors (Lipinski definition) is 3. The van der Waals surface area contributed by atoms with Crippen molar-refractivity contribution in [1.82, 2.24) is 5.32 Å². The van der Waals surface area contributed by atoms with Gasteiger partial charge in [-0.3, -0.25) is 4.21 Å². The summed E-state index contributed by atoms with van der Waals surface area (Å²) in [5.74, 6) is 3.43. The monoisotopic (exact) mass is 229 g/mol. The molecular weight excluding hydrogens is 210 g/mol. The molecule has 1 rings (SSSR count). The predicted molar refractivity (Wildman–Crippen MR) is 63.3 cm³/mol. The molecule has 0 saturated heterocycles. The van der Waals surface area contributed by atoms with Gasteiger partial charge in [-0.05, 0) is 12.1 Å². The topological polar surface area (TPSA) is 42.2 Å². The molecule has 0 aliphatic carbocycles. The maximum absolute atomic E-state index is 11.1. The number of hydrogen-bond donors (Lipinski definition) is 1. The van der Waals surface area contributed by atoms with Crippen molar-refractivity contribution in [2.75, 3.05) is 18.1 Å². The Balaban J connectivity index is 2.17. The van der Waals surface area contributed by atoms with Crippen molar-refractivity contribution in [2.24, 2.45) is 0 Å². The summed E-state index contributed by atoms with van der Waals surface area (Å²) in [6, 6.07) is 3.99. The smallest absolute Gasteiger partial charge is 0.117 e. The van der Waals surface area contributed by atoms with Gasteiger partial charge in [-0.25, -0.2) is 0 Å². The lowest BCUT2D eigenvalue weighted by Gasteiger charge is -2.01. The molecule has 0 aromatic carbocycles. The fourth-order valence-corrected chi connectivity index (χ4v) is 1.91. The van der Waals surface area contributed by atoms with Crippen LogP contribution in [0.25, 0.3) is 0 Å². The highest BCUT2D eigenvalue weighted by Crippen LogP contribution is 2.07. The van der Waals surface area contributed by atoms with E-state index < -0.39 is 10.8 Å². The lowest BCUT2D eigenvalue weighted by molar-refractivity contribution is 0.453. The van der Waals surface area contributed by atoms with Crippen molar-refractivity contribution in [3.05, 3.63) is 23.7 Å². The zero-order valence-electron chi connectivity index (χ0n) is 9.41. The van der Waals surface area contributed by atoms with Gasteiger partial charge in [0.1, 0.15) is 11.5 Å². The third-order valence-corrected chi connectivity index (χ3v) is 3.50. The third-order valence-electron chi connectivity index (χ3n) is 2.19. The molecule has 1 atom stereocenters. The number of nitrogens with one attached hydrogen (secondary N) is 1. The first kappa shape index (κ1) is 12.5. The quantitative estimate of drug-likeness (QED) is 0.724. The Kier molecular flexibility index (Phi) is 5.65. The predicted octanol–water partition coefficient (Wildman–Crippen LogP) is 1.70. The summed E-state index contributed by atoms with van der Waals surface area (Å²) in [5, 5.41) is 3.22. The van der Waals surface area contributed by atoms with E-state index in [1.54, 1.807) is 0 Å². The zero-order chi connectivity index (χ0) is 11.1. The second-order valence-electron chi connectivity index (χ2n) is 3.33. The van der Waals surface area contributed by atoms with Gasteiger partial charge >= 0.3 is 0 Å². The van der Waals surface area contributed by atoms with Crippen LogP contribution in [0.1, 0.15) is 25.4 Å². The molecule has 4 heteroatoms. The van der Waals surface area contributed by atoms with Crippen molar-refractivity contribution in [1.29, 1.82) is 0 Å².